The number of rotatable bonds is 8. The Morgan fingerprint density at radius 2 is 1.88 bits per heavy atom. The lowest BCUT2D eigenvalue weighted by Gasteiger charge is -2.14. The lowest BCUT2D eigenvalue weighted by Crippen LogP contribution is -2.17. The maximum Gasteiger partial charge on any atom is 0.339 e. The van der Waals surface area contributed by atoms with Crippen LogP contribution in [0.1, 0.15) is 22.8 Å². The van der Waals surface area contributed by atoms with Crippen molar-refractivity contribution in [2.45, 2.75) is 11.8 Å². The third-order valence-electron chi connectivity index (χ3n) is 4.02. The molecule has 0 spiro atoms. The lowest BCUT2D eigenvalue weighted by molar-refractivity contribution is 0.0955. The zero-order valence-electron chi connectivity index (χ0n) is 16.8. The third kappa shape index (κ3) is 6.21. The van der Waals surface area contributed by atoms with Gasteiger partial charge in [-0.15, -0.1) is 0 Å². The van der Waals surface area contributed by atoms with Crippen molar-refractivity contribution in [1.29, 1.82) is 0 Å². The Hall–Kier alpha value is -2.63. The molecule has 1 N–H and O–H groups in total. The number of amides is 1. The Balaban J connectivity index is 1.82. The molecular weight excluding hydrogens is 567 g/mol. The van der Waals surface area contributed by atoms with Crippen LogP contribution < -0.4 is 14.3 Å². The van der Waals surface area contributed by atoms with Gasteiger partial charge in [0.2, 0.25) is 0 Å². The fourth-order valence-corrected chi connectivity index (χ4v) is 4.66. The zero-order chi connectivity index (χ0) is 23.1. The van der Waals surface area contributed by atoms with Gasteiger partial charge in [-0.1, -0.05) is 35.9 Å². The van der Waals surface area contributed by atoms with Crippen LogP contribution in [0, 0.1) is 3.57 Å². The third-order valence-corrected chi connectivity index (χ3v) is 6.30. The summed E-state index contributed by atoms with van der Waals surface area (Å²) in [4.78, 5) is 12.2. The van der Waals surface area contributed by atoms with Crippen molar-refractivity contribution >= 4 is 56.4 Å². The van der Waals surface area contributed by atoms with Gasteiger partial charge in [-0.25, -0.2) is 5.43 Å². The second kappa shape index (κ2) is 10.8. The van der Waals surface area contributed by atoms with Crippen molar-refractivity contribution in [3.05, 3.63) is 86.4 Å². The molecule has 0 fully saturated rings. The van der Waals surface area contributed by atoms with Crippen molar-refractivity contribution in [1.82, 2.24) is 5.43 Å². The average molecular weight is 585 g/mol. The van der Waals surface area contributed by atoms with Crippen LogP contribution in [0.15, 0.2) is 76.7 Å². The lowest BCUT2D eigenvalue weighted by atomic mass is 10.2. The summed E-state index contributed by atoms with van der Waals surface area (Å²) in [7, 11) is -4.04. The predicted molar refractivity (Wildman–Crippen MR) is 131 cm³/mol. The number of nitrogens with zero attached hydrogens (tertiary/aromatic N) is 1. The van der Waals surface area contributed by atoms with Gasteiger partial charge in [-0.05, 0) is 77.5 Å². The van der Waals surface area contributed by atoms with Crippen LogP contribution in [0.4, 0.5) is 0 Å². The van der Waals surface area contributed by atoms with E-state index in [4.69, 9.17) is 20.5 Å². The van der Waals surface area contributed by atoms with Gasteiger partial charge in [0.1, 0.15) is 4.90 Å². The largest absolute Gasteiger partial charge is 0.490 e. The summed E-state index contributed by atoms with van der Waals surface area (Å²) in [6, 6.07) is 17.6. The second-order valence-corrected chi connectivity index (χ2v) is 9.47. The minimum absolute atomic E-state index is 0.0348. The van der Waals surface area contributed by atoms with E-state index in [1.165, 1.54) is 24.4 Å². The highest BCUT2D eigenvalue weighted by atomic mass is 127. The molecule has 0 bridgehead atoms. The smallest absolute Gasteiger partial charge is 0.339 e. The molecule has 0 saturated carbocycles. The summed E-state index contributed by atoms with van der Waals surface area (Å²) in [5, 5.41) is 4.40. The van der Waals surface area contributed by atoms with Crippen molar-refractivity contribution in [2.24, 2.45) is 5.10 Å². The number of hydrazone groups is 1. The van der Waals surface area contributed by atoms with Crippen molar-refractivity contribution in [2.75, 3.05) is 6.61 Å². The molecule has 0 aliphatic heterocycles. The first kappa shape index (κ1) is 24.0. The first-order valence-electron chi connectivity index (χ1n) is 9.35. The number of carbonyl (C=O) groups is 1. The molecule has 0 aliphatic carbocycles. The number of ether oxygens (including phenoxy) is 1. The van der Waals surface area contributed by atoms with Crippen LogP contribution in [0.5, 0.6) is 11.5 Å². The Bertz CT molecular complexity index is 1250. The van der Waals surface area contributed by atoms with Crippen LogP contribution in [0.25, 0.3) is 0 Å². The molecule has 7 nitrogen and oxygen atoms in total. The average Bonchev–Trinajstić information content (AvgIpc) is 2.77. The fourth-order valence-electron chi connectivity index (χ4n) is 2.61. The monoisotopic (exact) mass is 584 g/mol. The highest BCUT2D eigenvalue weighted by Crippen LogP contribution is 2.36. The minimum Gasteiger partial charge on any atom is -0.490 e. The Labute approximate surface area is 204 Å². The first-order chi connectivity index (χ1) is 15.3. The first-order valence-corrected chi connectivity index (χ1v) is 12.2. The molecule has 32 heavy (non-hydrogen) atoms. The van der Waals surface area contributed by atoms with E-state index in [9.17, 15) is 13.2 Å². The van der Waals surface area contributed by atoms with Gasteiger partial charge in [-0.2, -0.15) is 13.5 Å². The van der Waals surface area contributed by atoms with Gasteiger partial charge >= 0.3 is 10.1 Å². The summed E-state index contributed by atoms with van der Waals surface area (Å²) in [5.41, 5.74) is 3.37. The van der Waals surface area contributed by atoms with Gasteiger partial charge in [0.05, 0.1) is 16.4 Å². The Morgan fingerprint density at radius 1 is 1.12 bits per heavy atom. The van der Waals surface area contributed by atoms with E-state index in [0.29, 0.717) is 26.3 Å². The molecule has 0 heterocycles. The minimum atomic E-state index is -4.04. The molecule has 3 aromatic rings. The Kier molecular flexibility index (Phi) is 8.10. The number of benzene rings is 3. The van der Waals surface area contributed by atoms with E-state index in [1.807, 2.05) is 22.6 Å². The van der Waals surface area contributed by atoms with Gasteiger partial charge in [0.15, 0.2) is 11.5 Å². The molecule has 3 rings (SSSR count). The van der Waals surface area contributed by atoms with Crippen LogP contribution in [0.3, 0.4) is 0 Å². The van der Waals surface area contributed by atoms with Gasteiger partial charge in [-0.3, -0.25) is 4.79 Å². The molecule has 0 radical (unpaired) electrons. The molecule has 3 aromatic carbocycles. The molecule has 0 aliphatic rings. The summed E-state index contributed by atoms with van der Waals surface area (Å²) in [6.07, 6.45) is 1.42. The summed E-state index contributed by atoms with van der Waals surface area (Å²) < 4.78 is 36.7. The van der Waals surface area contributed by atoms with E-state index >= 15 is 0 Å². The summed E-state index contributed by atoms with van der Waals surface area (Å²) in [5.74, 6) is -0.102. The van der Waals surface area contributed by atoms with E-state index < -0.39 is 16.0 Å². The highest BCUT2D eigenvalue weighted by molar-refractivity contribution is 14.1. The number of hydrogen-bond acceptors (Lipinski definition) is 6. The molecule has 0 unspecified atom stereocenters. The molecular formula is C22H18ClIN2O5S. The van der Waals surface area contributed by atoms with Crippen LogP contribution in [0.2, 0.25) is 5.02 Å². The summed E-state index contributed by atoms with van der Waals surface area (Å²) in [6.45, 7) is 2.07. The van der Waals surface area contributed by atoms with Gasteiger partial charge < -0.3 is 8.92 Å². The number of nitrogens with one attached hydrogen (secondary N) is 1. The Morgan fingerprint density at radius 3 is 2.56 bits per heavy atom. The van der Waals surface area contributed by atoms with Crippen molar-refractivity contribution < 1.29 is 22.1 Å². The van der Waals surface area contributed by atoms with Crippen molar-refractivity contribution in [3.8, 4) is 11.5 Å². The van der Waals surface area contributed by atoms with Crippen LogP contribution in [-0.2, 0) is 10.1 Å². The van der Waals surface area contributed by atoms with Crippen molar-refractivity contribution in [3.63, 3.8) is 0 Å². The van der Waals surface area contributed by atoms with Crippen LogP contribution >= 0.6 is 34.2 Å². The van der Waals surface area contributed by atoms with Gasteiger partial charge in [0, 0.05) is 10.6 Å². The van der Waals surface area contributed by atoms with E-state index in [1.54, 1.807) is 55.5 Å². The topological polar surface area (TPSA) is 94.1 Å². The van der Waals surface area contributed by atoms with Crippen LogP contribution in [-0.4, -0.2) is 27.1 Å². The predicted octanol–water partition coefficient (Wildman–Crippen LogP) is 4.87. The van der Waals surface area contributed by atoms with E-state index in [0.717, 1.165) is 0 Å². The molecule has 0 aromatic heterocycles. The number of carbonyl (C=O) groups excluding carboxylic acids is 1. The fraction of sp³-hybridized carbons (Fsp3) is 0.0909. The number of hydrogen-bond donors (Lipinski definition) is 1. The maximum absolute atomic E-state index is 12.6. The highest BCUT2D eigenvalue weighted by Gasteiger charge is 2.22. The second-order valence-electron chi connectivity index (χ2n) is 6.32. The van der Waals surface area contributed by atoms with E-state index in [2.05, 4.69) is 10.5 Å². The normalized spacial score (nSPS) is 11.3. The summed E-state index contributed by atoms with van der Waals surface area (Å²) >= 11 is 7.85. The molecule has 1 amide bonds. The molecule has 0 saturated heterocycles. The van der Waals surface area contributed by atoms with Gasteiger partial charge in [0.25, 0.3) is 5.91 Å². The molecule has 166 valence electrons. The molecule has 10 heteroatoms. The van der Waals surface area contributed by atoms with E-state index in [-0.39, 0.29) is 16.4 Å². The SMILES string of the molecule is CCOc1cc(/C=N\NC(=O)c2cccc(Cl)c2)cc(I)c1OS(=O)(=O)c1ccccc1. The maximum atomic E-state index is 12.6. The molecule has 0 atom stereocenters. The zero-order valence-corrected chi connectivity index (χ0v) is 20.5. The standard InChI is InChI=1S/C22H18ClIN2O5S/c1-2-30-20-12-15(14-25-26-22(27)16-7-6-8-17(23)13-16)11-19(24)21(20)31-32(28,29)18-9-4-3-5-10-18/h3-14H,2H2,1H3,(H,26,27)/b25-14-. The number of halogens is 2. The quantitative estimate of drug-likeness (QED) is 0.176.